The molecule has 23 nitrogen and oxygen atoms in total. The van der Waals surface area contributed by atoms with Crippen LogP contribution in [0.5, 0.6) is 0 Å². The van der Waals surface area contributed by atoms with E-state index in [9.17, 15) is 75.7 Å². The number of aliphatic hydroxyl groups is 11. The van der Waals surface area contributed by atoms with E-state index in [1.54, 1.807) is 0 Å². The first-order chi connectivity index (χ1) is 47.9. The van der Waals surface area contributed by atoms with Crippen LogP contribution in [-0.4, -0.2) is 215 Å². The van der Waals surface area contributed by atoms with Gasteiger partial charge in [-0.25, -0.2) is 4.79 Å². The molecule has 0 saturated carbocycles. The fraction of sp³-hybridized carbons (Fsp3) is 0.961. The number of nitrogens with one attached hydrogen (secondary N) is 2. The highest BCUT2D eigenvalue weighted by molar-refractivity contribution is 5.77. The average molecular weight is 1420 g/mol. The Labute approximate surface area is 595 Å². The van der Waals surface area contributed by atoms with Gasteiger partial charge in [-0.3, -0.25) is 9.59 Å². The maximum Gasteiger partial charge on any atom is 0.364 e. The van der Waals surface area contributed by atoms with Gasteiger partial charge in [0.2, 0.25) is 11.8 Å². The van der Waals surface area contributed by atoms with E-state index in [-0.39, 0.29) is 18.9 Å². The van der Waals surface area contributed by atoms with Crippen molar-refractivity contribution in [2.75, 3.05) is 26.4 Å². The molecule has 0 aromatic rings. The lowest BCUT2D eigenvalue weighted by Crippen LogP contribution is -2.70. The first-order valence-electron chi connectivity index (χ1n) is 39.9. The Balaban J connectivity index is 1.39. The molecule has 0 radical (unpaired) electrons. The van der Waals surface area contributed by atoms with Crippen LogP contribution in [-0.2, 0) is 42.8 Å². The first-order valence-corrected chi connectivity index (χ1v) is 39.9. The third-order valence-electron chi connectivity index (χ3n) is 20.6. The molecule has 3 heterocycles. The minimum atomic E-state index is -3.08. The van der Waals surface area contributed by atoms with Crippen molar-refractivity contribution in [2.45, 2.75) is 439 Å². The molecule has 0 aliphatic carbocycles. The lowest BCUT2D eigenvalue weighted by Gasteiger charge is -2.50. The summed E-state index contributed by atoms with van der Waals surface area (Å²) in [5.41, 5.74) is 0. The number of rotatable bonds is 63. The summed E-state index contributed by atoms with van der Waals surface area (Å²) in [6.07, 6.45) is 28.8. The number of carboxylic acid groups (broad SMARTS) is 1. The van der Waals surface area contributed by atoms with Gasteiger partial charge in [0, 0.05) is 19.8 Å². The van der Waals surface area contributed by atoms with Crippen molar-refractivity contribution in [1.29, 1.82) is 0 Å². The number of hydrogen-bond donors (Lipinski definition) is 14. The molecule has 18 atom stereocenters. The number of carboxylic acids is 1. The van der Waals surface area contributed by atoms with Gasteiger partial charge in [0.1, 0.15) is 67.1 Å². The molecule has 3 aliphatic heterocycles. The number of carbonyl (C=O) groups is 3. The zero-order valence-electron chi connectivity index (χ0n) is 61.6. The second-order valence-corrected chi connectivity index (χ2v) is 29.3. The molecule has 18 unspecified atom stereocenters. The zero-order valence-corrected chi connectivity index (χ0v) is 61.6. The third kappa shape index (κ3) is 37.0. The van der Waals surface area contributed by atoms with Gasteiger partial charge in [0.05, 0.1) is 50.7 Å². The SMILES string of the molecule is CCCCCCCCCCCCCCCCCCCCCCCCCCCCCCCCCCCCCC(=O)NC(COC1OC(CO)C(OC2OC(CO)C(O)C(OC3(C(=O)O)CC(O)C(NC(C)=O)C(C(O)C(O)CO)O3)C2O)C(O)C1O)C(O)CCCCCCCCCCCC. The van der Waals surface area contributed by atoms with Gasteiger partial charge < -0.3 is 100 Å². The second-order valence-electron chi connectivity index (χ2n) is 29.3. The highest BCUT2D eigenvalue weighted by atomic mass is 16.8. The fourth-order valence-electron chi connectivity index (χ4n) is 14.2. The molecule has 0 aromatic heterocycles. The highest BCUT2D eigenvalue weighted by Gasteiger charge is 2.60. The number of amides is 2. The van der Waals surface area contributed by atoms with Crippen molar-refractivity contribution < 1.29 is 104 Å². The molecule has 14 N–H and O–H groups in total. The van der Waals surface area contributed by atoms with Gasteiger partial charge in [-0.05, 0) is 12.8 Å². The van der Waals surface area contributed by atoms with Crippen molar-refractivity contribution >= 4 is 17.8 Å². The van der Waals surface area contributed by atoms with Crippen molar-refractivity contribution in [3.05, 3.63) is 0 Å². The summed E-state index contributed by atoms with van der Waals surface area (Å²) in [6.45, 7) is 2.21. The van der Waals surface area contributed by atoms with Crippen LogP contribution >= 0.6 is 0 Å². The number of ether oxygens (including phenoxy) is 6. The molecular formula is C76H144N2O21. The Morgan fingerprint density at radius 1 is 0.485 bits per heavy atom. The summed E-state index contributed by atoms with van der Waals surface area (Å²) in [6, 6.07) is -2.52. The maximum absolute atomic E-state index is 13.5. The van der Waals surface area contributed by atoms with Crippen LogP contribution in [0, 0.1) is 0 Å². The summed E-state index contributed by atoms with van der Waals surface area (Å²) < 4.78 is 34.9. The summed E-state index contributed by atoms with van der Waals surface area (Å²) in [5, 5.41) is 136. The molecule has 584 valence electrons. The lowest BCUT2D eigenvalue weighted by molar-refractivity contribution is -0.386. The molecule has 3 aliphatic rings. The monoisotopic (exact) mass is 1420 g/mol. The van der Waals surface area contributed by atoms with Crippen LogP contribution in [0.25, 0.3) is 0 Å². The van der Waals surface area contributed by atoms with Gasteiger partial charge in [0.25, 0.3) is 5.79 Å². The predicted molar refractivity (Wildman–Crippen MR) is 380 cm³/mol. The summed E-state index contributed by atoms with van der Waals surface area (Å²) in [4.78, 5) is 38.6. The smallest absolute Gasteiger partial charge is 0.364 e. The van der Waals surface area contributed by atoms with Crippen LogP contribution in [0.3, 0.4) is 0 Å². The molecule has 99 heavy (non-hydrogen) atoms. The van der Waals surface area contributed by atoms with Gasteiger partial charge in [-0.15, -0.1) is 0 Å². The number of hydrogen-bond acceptors (Lipinski definition) is 20. The molecule has 0 spiro atoms. The van der Waals surface area contributed by atoms with Gasteiger partial charge in [-0.2, -0.15) is 0 Å². The van der Waals surface area contributed by atoms with Gasteiger partial charge >= 0.3 is 5.97 Å². The van der Waals surface area contributed by atoms with Crippen LogP contribution < -0.4 is 10.6 Å². The maximum atomic E-state index is 13.5. The first kappa shape index (κ1) is 90.9. The van der Waals surface area contributed by atoms with E-state index >= 15 is 0 Å². The van der Waals surface area contributed by atoms with Gasteiger partial charge in [-0.1, -0.05) is 296 Å². The summed E-state index contributed by atoms with van der Waals surface area (Å²) in [7, 11) is 0. The van der Waals surface area contributed by atoms with Crippen LogP contribution in [0.2, 0.25) is 0 Å². The Morgan fingerprint density at radius 3 is 1.26 bits per heavy atom. The Kier molecular flexibility index (Phi) is 51.5. The average Bonchev–Trinajstić information content (AvgIpc) is 0.757. The van der Waals surface area contributed by atoms with Crippen LogP contribution in [0.1, 0.15) is 329 Å². The van der Waals surface area contributed by atoms with Crippen molar-refractivity contribution in [3.8, 4) is 0 Å². The van der Waals surface area contributed by atoms with E-state index in [1.807, 2.05) is 0 Å². The van der Waals surface area contributed by atoms with Crippen molar-refractivity contribution in [1.82, 2.24) is 10.6 Å². The normalized spacial score (nSPS) is 27.0. The molecule has 0 bridgehead atoms. The Morgan fingerprint density at radius 2 is 0.879 bits per heavy atom. The molecular weight excluding hydrogens is 1280 g/mol. The minimum absolute atomic E-state index is 0.229. The molecule has 2 amide bonds. The Hall–Kier alpha value is -2.27. The molecule has 3 rings (SSSR count). The quantitative estimate of drug-likeness (QED) is 0.0252. The number of carbonyl (C=O) groups excluding carboxylic acids is 2. The van der Waals surface area contributed by atoms with Crippen molar-refractivity contribution in [2.24, 2.45) is 0 Å². The standard InChI is InChI=1S/C76H144N2O21/c1-4-6-8-10-12-14-16-17-18-19-20-21-22-23-24-25-26-27-28-29-30-31-32-33-34-35-36-37-38-39-40-42-44-46-48-50-63(86)78-57(58(83)49-47-45-43-41-15-13-11-9-7-5-2)55-94-73-68(90)67(89)70(62(54-81)96-73)97-74-69(91)72(66(88)61(53-80)95-74)99-76(75(92)93)51-59(84)64(77-56(3)82)71(98-76)65(87)60(85)52-79/h57-62,64-74,79-81,83-85,87-91H,4-55H2,1-3H3,(H,77,82)(H,78,86)(H,92,93). The topological polar surface area (TPSA) is 373 Å². The number of aliphatic carboxylic acids is 1. The summed E-state index contributed by atoms with van der Waals surface area (Å²) in [5.74, 6) is -6.09. The minimum Gasteiger partial charge on any atom is -0.477 e. The largest absolute Gasteiger partial charge is 0.477 e. The Bertz CT molecular complexity index is 1980. The zero-order chi connectivity index (χ0) is 72.5. The van der Waals surface area contributed by atoms with Gasteiger partial charge in [0.15, 0.2) is 12.6 Å². The molecule has 3 saturated heterocycles. The predicted octanol–water partition coefficient (Wildman–Crippen LogP) is 10.0. The van der Waals surface area contributed by atoms with Crippen LogP contribution in [0.4, 0.5) is 0 Å². The number of aliphatic hydroxyl groups excluding tert-OH is 11. The molecule has 23 heteroatoms. The molecule has 3 fully saturated rings. The lowest BCUT2D eigenvalue weighted by atomic mass is 9.88. The van der Waals surface area contributed by atoms with E-state index in [0.29, 0.717) is 19.3 Å². The van der Waals surface area contributed by atoms with E-state index < -0.39 is 148 Å². The summed E-state index contributed by atoms with van der Waals surface area (Å²) >= 11 is 0. The highest BCUT2D eigenvalue weighted by Crippen LogP contribution is 2.39. The van der Waals surface area contributed by atoms with E-state index in [1.165, 1.54) is 231 Å². The van der Waals surface area contributed by atoms with E-state index in [2.05, 4.69) is 24.5 Å². The third-order valence-corrected chi connectivity index (χ3v) is 20.6. The number of unbranched alkanes of at least 4 members (excludes halogenated alkanes) is 43. The fourth-order valence-corrected chi connectivity index (χ4v) is 14.2. The van der Waals surface area contributed by atoms with E-state index in [4.69, 9.17) is 28.4 Å². The molecule has 0 aromatic carbocycles. The van der Waals surface area contributed by atoms with Crippen molar-refractivity contribution in [3.63, 3.8) is 0 Å². The second kappa shape index (κ2) is 56.1. The van der Waals surface area contributed by atoms with Crippen LogP contribution in [0.15, 0.2) is 0 Å². The van der Waals surface area contributed by atoms with E-state index in [0.717, 1.165) is 51.9 Å².